The molecule has 1 rings (SSSR count). The molecule has 0 aliphatic carbocycles. The summed E-state index contributed by atoms with van der Waals surface area (Å²) in [7, 11) is 1.35. The zero-order valence-electron chi connectivity index (χ0n) is 11.5. The molecule has 0 fully saturated rings. The van der Waals surface area contributed by atoms with Crippen LogP contribution in [0.1, 0.15) is 18.5 Å². The van der Waals surface area contributed by atoms with E-state index in [1.54, 1.807) is 25.1 Å². The maximum absolute atomic E-state index is 11.8. The third kappa shape index (κ3) is 5.41. The van der Waals surface area contributed by atoms with Crippen molar-refractivity contribution in [2.45, 2.75) is 19.0 Å². The summed E-state index contributed by atoms with van der Waals surface area (Å²) >= 11 is 11.8. The predicted octanol–water partition coefficient (Wildman–Crippen LogP) is 2.45. The molecule has 0 aliphatic rings. The van der Waals surface area contributed by atoms with Gasteiger partial charge in [-0.05, 0) is 24.6 Å². The van der Waals surface area contributed by atoms with Crippen LogP contribution in [0.25, 0.3) is 0 Å². The molecule has 116 valence electrons. The van der Waals surface area contributed by atoms with Crippen molar-refractivity contribution in [3.8, 4) is 0 Å². The third-order valence-electron chi connectivity index (χ3n) is 2.71. The van der Waals surface area contributed by atoms with Gasteiger partial charge in [-0.1, -0.05) is 29.3 Å². The van der Waals surface area contributed by atoms with E-state index < -0.39 is 24.1 Å². The molecule has 2 unspecified atom stereocenters. The number of hydrogen-bond acceptors (Lipinski definition) is 3. The Morgan fingerprint density at radius 1 is 1.33 bits per heavy atom. The minimum Gasteiger partial charge on any atom is -0.480 e. The fourth-order valence-corrected chi connectivity index (χ4v) is 2.24. The number of nitrogens with one attached hydrogen (secondary N) is 2. The number of hydrogen-bond donors (Lipinski definition) is 3. The number of urea groups is 1. The number of amides is 2. The minimum absolute atomic E-state index is 0.126. The van der Waals surface area contributed by atoms with Crippen molar-refractivity contribution in [1.82, 2.24) is 10.6 Å². The second-order valence-electron chi connectivity index (χ2n) is 4.35. The highest BCUT2D eigenvalue weighted by molar-refractivity contribution is 6.35. The van der Waals surface area contributed by atoms with Gasteiger partial charge in [-0.2, -0.15) is 0 Å². The van der Waals surface area contributed by atoms with Crippen molar-refractivity contribution in [3.63, 3.8) is 0 Å². The van der Waals surface area contributed by atoms with Crippen molar-refractivity contribution in [1.29, 1.82) is 0 Å². The number of rotatable bonds is 6. The SMILES string of the molecule is COCC(NC(=O)NC(C)c1ccc(Cl)cc1Cl)C(=O)O. The summed E-state index contributed by atoms with van der Waals surface area (Å²) in [6, 6.07) is 2.76. The number of halogens is 2. The van der Waals surface area contributed by atoms with Gasteiger partial charge in [-0.15, -0.1) is 0 Å². The van der Waals surface area contributed by atoms with Gasteiger partial charge in [-0.25, -0.2) is 9.59 Å². The third-order valence-corrected chi connectivity index (χ3v) is 3.28. The average Bonchev–Trinajstić information content (AvgIpc) is 2.37. The van der Waals surface area contributed by atoms with Gasteiger partial charge in [0.25, 0.3) is 0 Å². The second kappa shape index (κ2) is 8.07. The van der Waals surface area contributed by atoms with E-state index in [2.05, 4.69) is 10.6 Å². The lowest BCUT2D eigenvalue weighted by Gasteiger charge is -2.19. The fourth-order valence-electron chi connectivity index (χ4n) is 1.67. The molecular formula is C13H16Cl2N2O4. The zero-order valence-corrected chi connectivity index (χ0v) is 13.0. The van der Waals surface area contributed by atoms with Gasteiger partial charge >= 0.3 is 12.0 Å². The van der Waals surface area contributed by atoms with Crippen molar-refractivity contribution >= 4 is 35.2 Å². The molecule has 6 nitrogen and oxygen atoms in total. The first-order valence-electron chi connectivity index (χ1n) is 6.09. The summed E-state index contributed by atoms with van der Waals surface area (Å²) in [5.74, 6) is -1.18. The molecule has 0 saturated carbocycles. The first-order valence-corrected chi connectivity index (χ1v) is 6.84. The van der Waals surface area contributed by atoms with E-state index in [0.29, 0.717) is 15.6 Å². The molecule has 0 radical (unpaired) electrons. The zero-order chi connectivity index (χ0) is 16.0. The smallest absolute Gasteiger partial charge is 0.328 e. The number of ether oxygens (including phenoxy) is 1. The quantitative estimate of drug-likeness (QED) is 0.745. The summed E-state index contributed by atoms with van der Waals surface area (Å²) in [5, 5.41) is 14.7. The summed E-state index contributed by atoms with van der Waals surface area (Å²) < 4.78 is 4.73. The van der Waals surface area contributed by atoms with Crippen LogP contribution in [0, 0.1) is 0 Å². The van der Waals surface area contributed by atoms with Gasteiger partial charge in [0.1, 0.15) is 0 Å². The largest absolute Gasteiger partial charge is 0.480 e. The molecular weight excluding hydrogens is 319 g/mol. The van der Waals surface area contributed by atoms with Gasteiger partial charge in [0.15, 0.2) is 6.04 Å². The van der Waals surface area contributed by atoms with Gasteiger partial charge in [0.2, 0.25) is 0 Å². The molecule has 1 aromatic rings. The Kier molecular flexibility index (Phi) is 6.74. The van der Waals surface area contributed by atoms with E-state index >= 15 is 0 Å². The molecule has 21 heavy (non-hydrogen) atoms. The number of carbonyl (C=O) groups excluding carboxylic acids is 1. The fraction of sp³-hybridized carbons (Fsp3) is 0.385. The molecule has 2 amide bonds. The van der Waals surface area contributed by atoms with E-state index in [9.17, 15) is 9.59 Å². The maximum Gasteiger partial charge on any atom is 0.328 e. The molecule has 0 aliphatic heterocycles. The van der Waals surface area contributed by atoms with E-state index in [1.807, 2.05) is 0 Å². The van der Waals surface area contributed by atoms with Crippen LogP contribution in [0.4, 0.5) is 4.79 Å². The predicted molar refractivity (Wildman–Crippen MR) is 79.8 cm³/mol. The number of carboxylic acids is 1. The molecule has 0 spiro atoms. The molecule has 2 atom stereocenters. The first-order chi connectivity index (χ1) is 9.85. The normalized spacial score (nSPS) is 13.3. The first kappa shape index (κ1) is 17.6. The van der Waals surface area contributed by atoms with Crippen molar-refractivity contribution < 1.29 is 19.4 Å². The molecule has 0 heterocycles. The second-order valence-corrected chi connectivity index (χ2v) is 5.20. The highest BCUT2D eigenvalue weighted by atomic mass is 35.5. The molecule has 8 heteroatoms. The Morgan fingerprint density at radius 2 is 2.00 bits per heavy atom. The van der Waals surface area contributed by atoms with Crippen molar-refractivity contribution in [2.24, 2.45) is 0 Å². The van der Waals surface area contributed by atoms with Crippen LogP contribution in [0.5, 0.6) is 0 Å². The number of benzene rings is 1. The Morgan fingerprint density at radius 3 is 2.52 bits per heavy atom. The topological polar surface area (TPSA) is 87.7 Å². The standard InChI is InChI=1S/C13H16Cl2N2O4/c1-7(9-4-3-8(14)5-10(9)15)16-13(20)17-11(6-21-2)12(18)19/h3-5,7,11H,6H2,1-2H3,(H,18,19)(H2,16,17,20). The molecule has 0 bridgehead atoms. The molecule has 1 aromatic carbocycles. The average molecular weight is 335 g/mol. The highest BCUT2D eigenvalue weighted by Gasteiger charge is 2.21. The summed E-state index contributed by atoms with van der Waals surface area (Å²) in [5.41, 5.74) is 0.676. The Hall–Kier alpha value is -1.50. The van der Waals surface area contributed by atoms with Crippen LogP contribution < -0.4 is 10.6 Å². The highest BCUT2D eigenvalue weighted by Crippen LogP contribution is 2.25. The van der Waals surface area contributed by atoms with Crippen LogP contribution >= 0.6 is 23.2 Å². The van der Waals surface area contributed by atoms with Crippen molar-refractivity contribution in [2.75, 3.05) is 13.7 Å². The van der Waals surface area contributed by atoms with Crippen LogP contribution in [0.3, 0.4) is 0 Å². The van der Waals surface area contributed by atoms with Crippen molar-refractivity contribution in [3.05, 3.63) is 33.8 Å². The van der Waals surface area contributed by atoms with Crippen LogP contribution in [-0.4, -0.2) is 36.9 Å². The van der Waals surface area contributed by atoms with E-state index in [1.165, 1.54) is 7.11 Å². The van der Waals surface area contributed by atoms with Gasteiger partial charge < -0.3 is 20.5 Å². The molecule has 0 saturated heterocycles. The minimum atomic E-state index is -1.18. The van der Waals surface area contributed by atoms with E-state index in [4.69, 9.17) is 33.0 Å². The summed E-state index contributed by atoms with van der Waals surface area (Å²) in [4.78, 5) is 22.7. The number of carbonyl (C=O) groups is 2. The lowest BCUT2D eigenvalue weighted by Crippen LogP contribution is -2.48. The molecule has 3 N–H and O–H groups in total. The van der Waals surface area contributed by atoms with Crippen LogP contribution in [-0.2, 0) is 9.53 Å². The van der Waals surface area contributed by atoms with Gasteiger partial charge in [0.05, 0.1) is 12.6 Å². The van der Waals surface area contributed by atoms with E-state index in [-0.39, 0.29) is 6.61 Å². The lowest BCUT2D eigenvalue weighted by atomic mass is 10.1. The maximum atomic E-state index is 11.8. The number of methoxy groups -OCH3 is 1. The monoisotopic (exact) mass is 334 g/mol. The Balaban J connectivity index is 2.67. The number of aliphatic carboxylic acids is 1. The Labute approximate surface area is 132 Å². The van der Waals surface area contributed by atoms with Gasteiger partial charge in [0, 0.05) is 17.2 Å². The molecule has 0 aromatic heterocycles. The van der Waals surface area contributed by atoms with Crippen LogP contribution in [0.15, 0.2) is 18.2 Å². The van der Waals surface area contributed by atoms with Gasteiger partial charge in [-0.3, -0.25) is 0 Å². The number of carboxylic acid groups (broad SMARTS) is 1. The summed E-state index contributed by atoms with van der Waals surface area (Å²) in [6.45, 7) is 1.60. The van der Waals surface area contributed by atoms with E-state index in [0.717, 1.165) is 0 Å². The Bertz CT molecular complexity index is 525. The summed E-state index contributed by atoms with van der Waals surface area (Å²) in [6.07, 6.45) is 0. The lowest BCUT2D eigenvalue weighted by molar-refractivity contribution is -0.140. The van der Waals surface area contributed by atoms with Crippen LogP contribution in [0.2, 0.25) is 10.0 Å².